The number of ether oxygens (including phenoxy) is 1. The Balaban J connectivity index is 1.63. The third-order valence-corrected chi connectivity index (χ3v) is 4.42. The zero-order valence-electron chi connectivity index (χ0n) is 13.6. The first-order valence-corrected chi connectivity index (χ1v) is 8.44. The molecule has 1 aromatic carbocycles. The second-order valence-corrected chi connectivity index (χ2v) is 6.52. The second-order valence-electron chi connectivity index (χ2n) is 6.11. The summed E-state index contributed by atoms with van der Waals surface area (Å²) in [6, 6.07) is 9.69. The van der Waals surface area contributed by atoms with Crippen molar-refractivity contribution in [2.45, 2.75) is 26.7 Å². The monoisotopic (exact) mass is 331 g/mol. The van der Waals surface area contributed by atoms with Crippen molar-refractivity contribution in [3.8, 4) is 5.75 Å². The maximum absolute atomic E-state index is 6.15. The minimum Gasteiger partial charge on any atom is -0.492 e. The van der Waals surface area contributed by atoms with Gasteiger partial charge in [-0.05, 0) is 38.8 Å². The molecule has 4 nitrogen and oxygen atoms in total. The summed E-state index contributed by atoms with van der Waals surface area (Å²) in [5.74, 6) is 3.10. The van der Waals surface area contributed by atoms with Gasteiger partial charge in [0.05, 0.1) is 11.6 Å². The standard InChI is InChI=1S/C18H22ClN3O/c1-13-10-18(21-14(2)20-13)22-9-5-6-15(11-22)12-23-17-8-4-3-7-16(17)19/h3-4,7-8,10,15H,5-6,9,11-12H2,1-2H3. The molecule has 1 aliphatic rings. The van der Waals surface area contributed by atoms with E-state index in [-0.39, 0.29) is 0 Å². The fourth-order valence-electron chi connectivity index (χ4n) is 3.04. The van der Waals surface area contributed by atoms with E-state index in [0.717, 1.165) is 42.6 Å². The Kier molecular flexibility index (Phi) is 5.01. The summed E-state index contributed by atoms with van der Waals surface area (Å²) >= 11 is 6.15. The number of rotatable bonds is 4. The molecule has 0 spiro atoms. The van der Waals surface area contributed by atoms with E-state index in [1.165, 1.54) is 6.42 Å². The molecule has 0 aliphatic carbocycles. The van der Waals surface area contributed by atoms with Gasteiger partial charge >= 0.3 is 0 Å². The third kappa shape index (κ3) is 4.14. The van der Waals surface area contributed by atoms with Gasteiger partial charge in [-0.15, -0.1) is 0 Å². The molecule has 1 atom stereocenters. The molecule has 1 aliphatic heterocycles. The molecule has 0 N–H and O–H groups in total. The first kappa shape index (κ1) is 16.1. The molecule has 0 saturated carbocycles. The Morgan fingerprint density at radius 2 is 2.09 bits per heavy atom. The molecule has 1 unspecified atom stereocenters. The van der Waals surface area contributed by atoms with Crippen LogP contribution in [0.15, 0.2) is 30.3 Å². The van der Waals surface area contributed by atoms with E-state index in [1.54, 1.807) is 0 Å². The highest BCUT2D eigenvalue weighted by atomic mass is 35.5. The summed E-state index contributed by atoms with van der Waals surface area (Å²) in [6.07, 6.45) is 2.32. The predicted octanol–water partition coefficient (Wildman–Crippen LogP) is 4.04. The maximum atomic E-state index is 6.15. The lowest BCUT2D eigenvalue weighted by Crippen LogP contribution is -2.38. The zero-order valence-corrected chi connectivity index (χ0v) is 14.4. The van der Waals surface area contributed by atoms with Gasteiger partial charge in [0.15, 0.2) is 0 Å². The summed E-state index contributed by atoms with van der Waals surface area (Å²) in [5.41, 5.74) is 1.02. The van der Waals surface area contributed by atoms with Crippen molar-refractivity contribution in [2.24, 2.45) is 5.92 Å². The Labute approximate surface area is 142 Å². The molecule has 0 amide bonds. The van der Waals surface area contributed by atoms with Crippen LogP contribution in [0.1, 0.15) is 24.4 Å². The molecule has 0 radical (unpaired) electrons. The van der Waals surface area contributed by atoms with Crippen LogP contribution in [-0.2, 0) is 0 Å². The summed E-state index contributed by atoms with van der Waals surface area (Å²) in [7, 11) is 0. The topological polar surface area (TPSA) is 38.2 Å². The molecule has 2 aromatic rings. The number of aryl methyl sites for hydroxylation is 2. The molecular weight excluding hydrogens is 310 g/mol. The number of hydrogen-bond donors (Lipinski definition) is 0. The average molecular weight is 332 g/mol. The number of piperidine rings is 1. The minimum absolute atomic E-state index is 0.482. The molecule has 3 rings (SSSR count). The van der Waals surface area contributed by atoms with E-state index in [2.05, 4.69) is 20.9 Å². The number of anilines is 1. The van der Waals surface area contributed by atoms with Gasteiger partial charge in [-0.3, -0.25) is 0 Å². The van der Waals surface area contributed by atoms with E-state index in [1.807, 2.05) is 38.1 Å². The van der Waals surface area contributed by atoms with Crippen LogP contribution in [0.25, 0.3) is 0 Å². The Bertz CT molecular complexity index is 657. The normalized spacial score (nSPS) is 18.0. The summed E-state index contributed by atoms with van der Waals surface area (Å²) in [5, 5.41) is 0.669. The van der Waals surface area contributed by atoms with Gasteiger partial charge in [-0.2, -0.15) is 0 Å². The van der Waals surface area contributed by atoms with Crippen LogP contribution in [0.5, 0.6) is 5.75 Å². The number of nitrogens with zero attached hydrogens (tertiary/aromatic N) is 3. The fraction of sp³-hybridized carbons (Fsp3) is 0.444. The molecule has 1 saturated heterocycles. The predicted molar refractivity (Wildman–Crippen MR) is 93.4 cm³/mol. The van der Waals surface area contributed by atoms with E-state index >= 15 is 0 Å². The van der Waals surface area contributed by atoms with Crippen molar-refractivity contribution in [2.75, 3.05) is 24.6 Å². The van der Waals surface area contributed by atoms with Crippen molar-refractivity contribution in [1.82, 2.24) is 9.97 Å². The van der Waals surface area contributed by atoms with Gasteiger partial charge in [0.2, 0.25) is 0 Å². The number of halogens is 1. The third-order valence-electron chi connectivity index (χ3n) is 4.11. The summed E-state index contributed by atoms with van der Waals surface area (Å²) in [6.45, 7) is 6.64. The Hall–Kier alpha value is -1.81. The van der Waals surface area contributed by atoms with Crippen molar-refractivity contribution < 1.29 is 4.74 Å². The lowest BCUT2D eigenvalue weighted by atomic mass is 9.99. The maximum Gasteiger partial charge on any atom is 0.137 e. The lowest BCUT2D eigenvalue weighted by Gasteiger charge is -2.33. The molecular formula is C18H22ClN3O. The zero-order chi connectivity index (χ0) is 16.2. The van der Waals surface area contributed by atoms with Gasteiger partial charge in [0.1, 0.15) is 17.4 Å². The van der Waals surface area contributed by atoms with Crippen LogP contribution >= 0.6 is 11.6 Å². The van der Waals surface area contributed by atoms with Gasteiger partial charge in [-0.25, -0.2) is 9.97 Å². The van der Waals surface area contributed by atoms with Crippen LogP contribution in [0.4, 0.5) is 5.82 Å². The second kappa shape index (κ2) is 7.18. The number of hydrogen-bond acceptors (Lipinski definition) is 4. The van der Waals surface area contributed by atoms with E-state index < -0.39 is 0 Å². The highest BCUT2D eigenvalue weighted by Crippen LogP contribution is 2.26. The van der Waals surface area contributed by atoms with Crippen molar-refractivity contribution in [3.05, 3.63) is 46.9 Å². The molecule has 1 aromatic heterocycles. The molecule has 23 heavy (non-hydrogen) atoms. The van der Waals surface area contributed by atoms with Gasteiger partial charge in [-0.1, -0.05) is 23.7 Å². The van der Waals surface area contributed by atoms with Gasteiger partial charge < -0.3 is 9.64 Å². The molecule has 2 heterocycles. The Morgan fingerprint density at radius 1 is 1.26 bits per heavy atom. The summed E-state index contributed by atoms with van der Waals surface area (Å²) < 4.78 is 5.92. The molecule has 122 valence electrons. The SMILES string of the molecule is Cc1cc(N2CCCC(COc3ccccc3Cl)C2)nc(C)n1. The molecule has 5 heteroatoms. The van der Waals surface area contributed by atoms with E-state index in [9.17, 15) is 0 Å². The highest BCUT2D eigenvalue weighted by molar-refractivity contribution is 6.32. The number of benzene rings is 1. The fourth-order valence-corrected chi connectivity index (χ4v) is 3.23. The first-order chi connectivity index (χ1) is 11.1. The van der Waals surface area contributed by atoms with E-state index in [4.69, 9.17) is 16.3 Å². The minimum atomic E-state index is 0.482. The Morgan fingerprint density at radius 3 is 2.87 bits per heavy atom. The average Bonchev–Trinajstić information content (AvgIpc) is 2.53. The quantitative estimate of drug-likeness (QED) is 0.847. The smallest absolute Gasteiger partial charge is 0.137 e. The van der Waals surface area contributed by atoms with Crippen LogP contribution in [0, 0.1) is 19.8 Å². The van der Waals surface area contributed by atoms with Gasteiger partial charge in [0.25, 0.3) is 0 Å². The van der Waals surface area contributed by atoms with Crippen molar-refractivity contribution >= 4 is 17.4 Å². The van der Waals surface area contributed by atoms with Gasteiger partial charge in [0, 0.05) is 30.8 Å². The molecule has 1 fully saturated rings. The van der Waals surface area contributed by atoms with Crippen LogP contribution in [-0.4, -0.2) is 29.7 Å². The molecule has 0 bridgehead atoms. The van der Waals surface area contributed by atoms with Crippen LogP contribution < -0.4 is 9.64 Å². The highest BCUT2D eigenvalue weighted by Gasteiger charge is 2.22. The van der Waals surface area contributed by atoms with Crippen molar-refractivity contribution in [1.29, 1.82) is 0 Å². The first-order valence-electron chi connectivity index (χ1n) is 8.06. The largest absolute Gasteiger partial charge is 0.492 e. The van der Waals surface area contributed by atoms with E-state index in [0.29, 0.717) is 17.5 Å². The summed E-state index contributed by atoms with van der Waals surface area (Å²) in [4.78, 5) is 11.3. The van der Waals surface area contributed by atoms with Crippen LogP contribution in [0.3, 0.4) is 0 Å². The van der Waals surface area contributed by atoms with Crippen molar-refractivity contribution in [3.63, 3.8) is 0 Å². The van der Waals surface area contributed by atoms with Crippen LogP contribution in [0.2, 0.25) is 5.02 Å². The number of para-hydroxylation sites is 1. The lowest BCUT2D eigenvalue weighted by molar-refractivity contribution is 0.228. The number of aromatic nitrogens is 2.